The van der Waals surface area contributed by atoms with E-state index in [1.807, 2.05) is 48.5 Å². The maximum Gasteiger partial charge on any atom is 0.226 e. The smallest absolute Gasteiger partial charge is 0.226 e. The SMILES string of the molecule is O=C(CC1CCCC1)Nc1nc2ccc(Oc3ccccc3)cc2s1. The van der Waals surface area contributed by atoms with Crippen molar-refractivity contribution in [1.29, 1.82) is 0 Å². The van der Waals surface area contributed by atoms with Crippen molar-refractivity contribution in [3.05, 3.63) is 48.5 Å². The minimum absolute atomic E-state index is 0.0757. The van der Waals surface area contributed by atoms with E-state index in [1.165, 1.54) is 37.0 Å². The number of fused-ring (bicyclic) bond motifs is 1. The largest absolute Gasteiger partial charge is 0.457 e. The topological polar surface area (TPSA) is 51.2 Å². The molecule has 0 radical (unpaired) electrons. The molecular weight excluding hydrogens is 332 g/mol. The fraction of sp³-hybridized carbons (Fsp3) is 0.300. The summed E-state index contributed by atoms with van der Waals surface area (Å²) in [5.74, 6) is 2.19. The van der Waals surface area contributed by atoms with E-state index in [1.54, 1.807) is 0 Å². The number of carbonyl (C=O) groups excluding carboxylic acids is 1. The molecular formula is C20H20N2O2S. The molecule has 1 heterocycles. The molecule has 1 fully saturated rings. The average molecular weight is 352 g/mol. The fourth-order valence-electron chi connectivity index (χ4n) is 3.29. The molecule has 4 nitrogen and oxygen atoms in total. The van der Waals surface area contributed by atoms with Crippen molar-refractivity contribution < 1.29 is 9.53 Å². The highest BCUT2D eigenvalue weighted by molar-refractivity contribution is 7.22. The summed E-state index contributed by atoms with van der Waals surface area (Å²) in [6.07, 6.45) is 5.46. The van der Waals surface area contributed by atoms with Crippen LogP contribution in [0.25, 0.3) is 10.2 Å². The average Bonchev–Trinajstić information content (AvgIpc) is 3.24. The van der Waals surface area contributed by atoms with Crippen LogP contribution in [-0.4, -0.2) is 10.9 Å². The van der Waals surface area contributed by atoms with Crippen LogP contribution < -0.4 is 10.1 Å². The molecule has 25 heavy (non-hydrogen) atoms. The fourth-order valence-corrected chi connectivity index (χ4v) is 4.20. The van der Waals surface area contributed by atoms with Gasteiger partial charge in [-0.1, -0.05) is 42.4 Å². The monoisotopic (exact) mass is 352 g/mol. The van der Waals surface area contributed by atoms with Gasteiger partial charge in [0.15, 0.2) is 5.13 Å². The third kappa shape index (κ3) is 3.99. The van der Waals surface area contributed by atoms with Crippen molar-refractivity contribution >= 4 is 32.6 Å². The van der Waals surface area contributed by atoms with Crippen LogP contribution in [0.15, 0.2) is 48.5 Å². The van der Waals surface area contributed by atoms with Crippen molar-refractivity contribution in [2.75, 3.05) is 5.32 Å². The highest BCUT2D eigenvalue weighted by atomic mass is 32.1. The van der Waals surface area contributed by atoms with Gasteiger partial charge in [0.2, 0.25) is 5.91 Å². The Morgan fingerprint density at radius 1 is 1.12 bits per heavy atom. The van der Waals surface area contributed by atoms with Crippen LogP contribution in [0.4, 0.5) is 5.13 Å². The number of carbonyl (C=O) groups is 1. The number of rotatable bonds is 5. The van der Waals surface area contributed by atoms with E-state index >= 15 is 0 Å². The number of aromatic nitrogens is 1. The molecule has 0 saturated heterocycles. The molecule has 0 unspecified atom stereocenters. The molecule has 0 atom stereocenters. The first-order chi connectivity index (χ1) is 12.3. The predicted molar refractivity (Wildman–Crippen MR) is 101 cm³/mol. The Morgan fingerprint density at radius 3 is 2.72 bits per heavy atom. The standard InChI is InChI=1S/C20H20N2O2S/c23-19(12-14-6-4-5-7-14)22-20-21-17-11-10-16(13-18(17)25-20)24-15-8-2-1-3-9-15/h1-3,8-11,13-14H,4-7,12H2,(H,21,22,23). The molecule has 0 bridgehead atoms. The molecule has 1 aliphatic rings. The molecule has 1 aromatic heterocycles. The Balaban J connectivity index is 1.45. The van der Waals surface area contributed by atoms with E-state index in [9.17, 15) is 4.79 Å². The summed E-state index contributed by atoms with van der Waals surface area (Å²) in [5, 5.41) is 3.62. The Labute approximate surface area is 150 Å². The molecule has 3 aromatic rings. The third-order valence-corrected chi connectivity index (χ3v) is 5.47. The molecule has 128 valence electrons. The Morgan fingerprint density at radius 2 is 1.92 bits per heavy atom. The van der Waals surface area contributed by atoms with Crippen LogP contribution >= 0.6 is 11.3 Å². The van der Waals surface area contributed by atoms with E-state index in [0.29, 0.717) is 17.5 Å². The van der Waals surface area contributed by atoms with Crippen LogP contribution in [0, 0.1) is 5.92 Å². The number of nitrogens with one attached hydrogen (secondary N) is 1. The summed E-state index contributed by atoms with van der Waals surface area (Å²) in [4.78, 5) is 16.7. The molecule has 1 saturated carbocycles. The van der Waals surface area contributed by atoms with E-state index in [4.69, 9.17) is 4.74 Å². The highest BCUT2D eigenvalue weighted by Gasteiger charge is 2.19. The molecule has 1 aliphatic carbocycles. The second-order valence-electron chi connectivity index (χ2n) is 6.47. The summed E-state index contributed by atoms with van der Waals surface area (Å²) in [5.41, 5.74) is 0.876. The van der Waals surface area contributed by atoms with Gasteiger partial charge in [-0.25, -0.2) is 4.98 Å². The zero-order valence-corrected chi connectivity index (χ0v) is 14.7. The minimum Gasteiger partial charge on any atom is -0.457 e. The van der Waals surface area contributed by atoms with Gasteiger partial charge in [0, 0.05) is 12.5 Å². The summed E-state index contributed by atoms with van der Waals surface area (Å²) < 4.78 is 6.86. The lowest BCUT2D eigenvalue weighted by Crippen LogP contribution is -2.14. The van der Waals surface area contributed by atoms with Crippen LogP contribution in [0.5, 0.6) is 11.5 Å². The number of hydrogen-bond donors (Lipinski definition) is 1. The highest BCUT2D eigenvalue weighted by Crippen LogP contribution is 2.32. The number of amides is 1. The van der Waals surface area contributed by atoms with Gasteiger partial charge in [-0.15, -0.1) is 0 Å². The lowest BCUT2D eigenvalue weighted by Gasteiger charge is -2.07. The first-order valence-corrected chi connectivity index (χ1v) is 9.51. The van der Waals surface area contributed by atoms with Crippen molar-refractivity contribution in [2.24, 2.45) is 5.92 Å². The van der Waals surface area contributed by atoms with Crippen LogP contribution in [0.1, 0.15) is 32.1 Å². The van der Waals surface area contributed by atoms with Crippen LogP contribution in [0.2, 0.25) is 0 Å². The summed E-state index contributed by atoms with van der Waals surface area (Å²) in [6.45, 7) is 0. The van der Waals surface area contributed by atoms with E-state index < -0.39 is 0 Å². The lowest BCUT2D eigenvalue weighted by molar-refractivity contribution is -0.117. The van der Waals surface area contributed by atoms with Crippen molar-refractivity contribution in [2.45, 2.75) is 32.1 Å². The Kier molecular flexibility index (Phi) is 4.65. The van der Waals surface area contributed by atoms with E-state index in [-0.39, 0.29) is 5.91 Å². The number of nitrogens with zero attached hydrogens (tertiary/aromatic N) is 1. The van der Waals surface area contributed by atoms with Crippen molar-refractivity contribution in [1.82, 2.24) is 4.98 Å². The maximum absolute atomic E-state index is 12.2. The first-order valence-electron chi connectivity index (χ1n) is 8.69. The minimum atomic E-state index is 0.0757. The Hall–Kier alpha value is -2.40. The number of thiazole rings is 1. The Bertz CT molecular complexity index is 870. The molecule has 1 amide bonds. The van der Waals surface area contributed by atoms with Gasteiger partial charge >= 0.3 is 0 Å². The van der Waals surface area contributed by atoms with Gasteiger partial charge in [-0.05, 0) is 43.0 Å². The van der Waals surface area contributed by atoms with Gasteiger partial charge in [0.25, 0.3) is 0 Å². The first kappa shape index (κ1) is 16.1. The molecule has 5 heteroatoms. The quantitative estimate of drug-likeness (QED) is 0.649. The second kappa shape index (κ2) is 7.23. The van der Waals surface area contributed by atoms with Crippen LogP contribution in [0.3, 0.4) is 0 Å². The third-order valence-electron chi connectivity index (χ3n) is 4.53. The summed E-state index contributed by atoms with van der Waals surface area (Å²) in [7, 11) is 0. The number of ether oxygens (including phenoxy) is 1. The molecule has 4 rings (SSSR count). The number of benzene rings is 2. The van der Waals surface area contributed by atoms with Gasteiger partial charge < -0.3 is 10.1 Å². The molecule has 2 aromatic carbocycles. The number of hydrogen-bond acceptors (Lipinski definition) is 4. The predicted octanol–water partition coefficient (Wildman–Crippen LogP) is 5.61. The summed E-state index contributed by atoms with van der Waals surface area (Å²) in [6, 6.07) is 15.5. The molecule has 0 spiro atoms. The normalized spacial score (nSPS) is 14.7. The molecule has 1 N–H and O–H groups in total. The van der Waals surface area contributed by atoms with E-state index in [0.717, 1.165) is 21.7 Å². The van der Waals surface area contributed by atoms with Crippen molar-refractivity contribution in [3.63, 3.8) is 0 Å². The van der Waals surface area contributed by atoms with E-state index in [2.05, 4.69) is 10.3 Å². The zero-order chi connectivity index (χ0) is 17.1. The number of para-hydroxylation sites is 1. The van der Waals surface area contributed by atoms with Gasteiger partial charge in [-0.2, -0.15) is 0 Å². The summed E-state index contributed by atoms with van der Waals surface area (Å²) >= 11 is 1.49. The number of anilines is 1. The van der Waals surface area contributed by atoms with Crippen LogP contribution in [-0.2, 0) is 4.79 Å². The van der Waals surface area contributed by atoms with Crippen molar-refractivity contribution in [3.8, 4) is 11.5 Å². The van der Waals surface area contributed by atoms with Gasteiger partial charge in [-0.3, -0.25) is 4.79 Å². The maximum atomic E-state index is 12.2. The van der Waals surface area contributed by atoms with Gasteiger partial charge in [0.1, 0.15) is 11.5 Å². The van der Waals surface area contributed by atoms with Gasteiger partial charge in [0.05, 0.1) is 10.2 Å². The lowest BCUT2D eigenvalue weighted by atomic mass is 10.0. The molecule has 0 aliphatic heterocycles. The zero-order valence-electron chi connectivity index (χ0n) is 13.9. The second-order valence-corrected chi connectivity index (χ2v) is 7.50.